The summed E-state index contributed by atoms with van der Waals surface area (Å²) >= 11 is 0. The molecule has 1 aromatic heterocycles. The molecule has 7 nitrogen and oxygen atoms in total. The van der Waals surface area contributed by atoms with Gasteiger partial charge in [-0.3, -0.25) is 14.4 Å². The minimum Gasteiger partial charge on any atom is -0.466 e. The maximum absolute atomic E-state index is 12.3. The zero-order valence-corrected chi connectivity index (χ0v) is 15.5. The summed E-state index contributed by atoms with van der Waals surface area (Å²) in [6.07, 6.45) is 2.09. The van der Waals surface area contributed by atoms with Crippen LogP contribution in [0.4, 0.5) is 5.69 Å². The lowest BCUT2D eigenvalue weighted by atomic mass is 10.2. The van der Waals surface area contributed by atoms with Gasteiger partial charge in [0.1, 0.15) is 11.5 Å². The Labute approximate surface area is 157 Å². The summed E-state index contributed by atoms with van der Waals surface area (Å²) < 4.78 is 5.31. The van der Waals surface area contributed by atoms with E-state index in [0.29, 0.717) is 28.3 Å². The Morgan fingerprint density at radius 1 is 1.07 bits per heavy atom. The fraction of sp³-hybridized carbons (Fsp3) is 0.350. The molecular weight excluding hydrogens is 346 g/mol. The number of rotatable bonds is 5. The van der Waals surface area contributed by atoms with Gasteiger partial charge in [-0.05, 0) is 57.0 Å². The molecule has 1 aliphatic heterocycles. The Morgan fingerprint density at radius 3 is 2.33 bits per heavy atom. The quantitative estimate of drug-likeness (QED) is 0.847. The van der Waals surface area contributed by atoms with E-state index in [1.54, 1.807) is 44.2 Å². The second kappa shape index (κ2) is 8.07. The number of anilines is 1. The molecule has 1 fully saturated rings. The molecule has 142 valence electrons. The molecule has 3 amide bonds. The fourth-order valence-electron chi connectivity index (χ4n) is 3.12. The molecule has 3 rings (SSSR count). The van der Waals surface area contributed by atoms with Crippen molar-refractivity contribution in [2.45, 2.75) is 26.7 Å². The summed E-state index contributed by atoms with van der Waals surface area (Å²) in [6, 6.07) is 8.41. The highest BCUT2D eigenvalue weighted by Gasteiger charge is 2.19. The third kappa shape index (κ3) is 4.55. The molecule has 1 aromatic carbocycles. The molecule has 2 N–H and O–H groups in total. The normalized spacial score (nSPS) is 13.5. The van der Waals surface area contributed by atoms with Crippen molar-refractivity contribution in [2.75, 3.05) is 25.0 Å². The SMILES string of the molecule is Cc1cc(C(=O)NCC(=O)Nc2ccc(C(=O)N3CCCC3)cc2)c(C)o1. The Morgan fingerprint density at radius 2 is 1.74 bits per heavy atom. The van der Waals surface area contributed by atoms with Crippen LogP contribution in [0, 0.1) is 13.8 Å². The zero-order chi connectivity index (χ0) is 19.4. The average molecular weight is 369 g/mol. The Balaban J connectivity index is 1.51. The molecule has 2 aromatic rings. The number of amides is 3. The molecule has 7 heteroatoms. The standard InChI is InChI=1S/C20H23N3O4/c1-13-11-17(14(2)27-13)19(25)21-12-18(24)22-16-7-5-15(6-8-16)20(26)23-9-3-4-10-23/h5-8,11H,3-4,9-10,12H2,1-2H3,(H,21,25)(H,22,24). The van der Waals surface area contributed by atoms with Crippen LogP contribution in [0.1, 0.15) is 45.1 Å². The molecule has 27 heavy (non-hydrogen) atoms. The van der Waals surface area contributed by atoms with Crippen molar-refractivity contribution in [3.63, 3.8) is 0 Å². The summed E-state index contributed by atoms with van der Waals surface area (Å²) in [4.78, 5) is 38.3. The van der Waals surface area contributed by atoms with E-state index in [4.69, 9.17) is 4.42 Å². The van der Waals surface area contributed by atoms with Gasteiger partial charge in [0.05, 0.1) is 12.1 Å². The molecule has 0 unspecified atom stereocenters. The van der Waals surface area contributed by atoms with Crippen molar-refractivity contribution in [3.8, 4) is 0 Å². The van der Waals surface area contributed by atoms with Gasteiger partial charge in [0.25, 0.3) is 11.8 Å². The molecule has 2 heterocycles. The predicted molar refractivity (Wildman–Crippen MR) is 101 cm³/mol. The Hall–Kier alpha value is -3.09. The molecule has 0 aliphatic carbocycles. The highest BCUT2D eigenvalue weighted by atomic mass is 16.3. The molecule has 1 aliphatic rings. The number of likely N-dealkylation sites (tertiary alicyclic amines) is 1. The first-order valence-electron chi connectivity index (χ1n) is 8.98. The van der Waals surface area contributed by atoms with Gasteiger partial charge in [0.15, 0.2) is 0 Å². The molecule has 0 saturated carbocycles. The van der Waals surface area contributed by atoms with Crippen LogP contribution in [-0.4, -0.2) is 42.3 Å². The van der Waals surface area contributed by atoms with Gasteiger partial charge < -0.3 is 20.0 Å². The molecular formula is C20H23N3O4. The lowest BCUT2D eigenvalue weighted by Gasteiger charge is -2.15. The van der Waals surface area contributed by atoms with Crippen LogP contribution in [0.5, 0.6) is 0 Å². The summed E-state index contributed by atoms with van der Waals surface area (Å²) in [5.41, 5.74) is 1.60. The van der Waals surface area contributed by atoms with Crippen LogP contribution in [-0.2, 0) is 4.79 Å². The molecule has 0 atom stereocenters. The number of aryl methyl sites for hydroxylation is 2. The van der Waals surface area contributed by atoms with E-state index in [1.165, 1.54) is 0 Å². The molecule has 0 bridgehead atoms. The summed E-state index contributed by atoms with van der Waals surface area (Å²) in [6.45, 7) is 4.90. The number of nitrogens with one attached hydrogen (secondary N) is 2. The van der Waals surface area contributed by atoms with Crippen molar-refractivity contribution >= 4 is 23.4 Å². The molecule has 0 radical (unpaired) electrons. The van der Waals surface area contributed by atoms with Gasteiger partial charge in [-0.1, -0.05) is 0 Å². The average Bonchev–Trinajstić information content (AvgIpc) is 3.29. The van der Waals surface area contributed by atoms with E-state index in [-0.39, 0.29) is 24.3 Å². The number of nitrogens with zero attached hydrogens (tertiary/aromatic N) is 1. The maximum atomic E-state index is 12.3. The smallest absolute Gasteiger partial charge is 0.255 e. The maximum Gasteiger partial charge on any atom is 0.255 e. The van der Waals surface area contributed by atoms with Gasteiger partial charge in [0.2, 0.25) is 5.91 Å². The summed E-state index contributed by atoms with van der Waals surface area (Å²) in [7, 11) is 0. The predicted octanol–water partition coefficient (Wildman–Crippen LogP) is 2.50. The minimum absolute atomic E-state index is 0.0171. The van der Waals surface area contributed by atoms with E-state index >= 15 is 0 Å². The van der Waals surface area contributed by atoms with E-state index in [1.807, 2.05) is 4.90 Å². The highest BCUT2D eigenvalue weighted by Crippen LogP contribution is 2.16. The second-order valence-electron chi connectivity index (χ2n) is 6.63. The van der Waals surface area contributed by atoms with Crippen LogP contribution < -0.4 is 10.6 Å². The van der Waals surface area contributed by atoms with Crippen LogP contribution in [0.2, 0.25) is 0 Å². The molecule has 1 saturated heterocycles. The van der Waals surface area contributed by atoms with E-state index < -0.39 is 0 Å². The first-order valence-corrected chi connectivity index (χ1v) is 8.98. The number of hydrogen-bond acceptors (Lipinski definition) is 4. The van der Waals surface area contributed by atoms with E-state index in [2.05, 4.69) is 10.6 Å². The highest BCUT2D eigenvalue weighted by molar-refractivity contribution is 6.00. The summed E-state index contributed by atoms with van der Waals surface area (Å²) in [5.74, 6) is 0.476. The van der Waals surface area contributed by atoms with Crippen molar-refractivity contribution in [1.82, 2.24) is 10.2 Å². The topological polar surface area (TPSA) is 91.7 Å². The van der Waals surface area contributed by atoms with Crippen LogP contribution in [0.3, 0.4) is 0 Å². The van der Waals surface area contributed by atoms with Gasteiger partial charge >= 0.3 is 0 Å². The number of benzene rings is 1. The zero-order valence-electron chi connectivity index (χ0n) is 15.5. The first kappa shape index (κ1) is 18.7. The minimum atomic E-state index is -0.356. The Bertz CT molecular complexity index is 849. The van der Waals surface area contributed by atoms with E-state index in [9.17, 15) is 14.4 Å². The molecule has 0 spiro atoms. The number of carbonyl (C=O) groups is 3. The lowest BCUT2D eigenvalue weighted by Crippen LogP contribution is -2.33. The summed E-state index contributed by atoms with van der Waals surface area (Å²) in [5, 5.41) is 5.27. The van der Waals surface area contributed by atoms with Crippen LogP contribution in [0.15, 0.2) is 34.7 Å². The lowest BCUT2D eigenvalue weighted by molar-refractivity contribution is -0.115. The third-order valence-corrected chi connectivity index (χ3v) is 4.50. The van der Waals surface area contributed by atoms with Crippen molar-refractivity contribution in [1.29, 1.82) is 0 Å². The Kier molecular flexibility index (Phi) is 5.59. The van der Waals surface area contributed by atoms with Crippen molar-refractivity contribution < 1.29 is 18.8 Å². The van der Waals surface area contributed by atoms with Crippen LogP contribution >= 0.6 is 0 Å². The van der Waals surface area contributed by atoms with Gasteiger partial charge in [0, 0.05) is 24.3 Å². The first-order chi connectivity index (χ1) is 12.9. The van der Waals surface area contributed by atoms with E-state index in [0.717, 1.165) is 25.9 Å². The van der Waals surface area contributed by atoms with Crippen molar-refractivity contribution in [2.24, 2.45) is 0 Å². The number of hydrogen-bond donors (Lipinski definition) is 2. The largest absolute Gasteiger partial charge is 0.466 e. The van der Waals surface area contributed by atoms with Gasteiger partial charge in [-0.2, -0.15) is 0 Å². The van der Waals surface area contributed by atoms with Gasteiger partial charge in [-0.25, -0.2) is 0 Å². The van der Waals surface area contributed by atoms with Crippen LogP contribution in [0.25, 0.3) is 0 Å². The number of furan rings is 1. The third-order valence-electron chi connectivity index (χ3n) is 4.50. The second-order valence-corrected chi connectivity index (χ2v) is 6.63. The van der Waals surface area contributed by atoms with Crippen molar-refractivity contribution in [3.05, 3.63) is 53.0 Å². The monoisotopic (exact) mass is 369 g/mol. The number of carbonyl (C=O) groups excluding carboxylic acids is 3. The van der Waals surface area contributed by atoms with Gasteiger partial charge in [-0.15, -0.1) is 0 Å². The fourth-order valence-corrected chi connectivity index (χ4v) is 3.12.